The fraction of sp³-hybridized carbons (Fsp3) is 0.222. The van der Waals surface area contributed by atoms with Crippen LogP contribution in [0.1, 0.15) is 0 Å². The highest BCUT2D eigenvalue weighted by atomic mass is 35.6. The van der Waals surface area contributed by atoms with Gasteiger partial charge in [-0.15, -0.1) is 0 Å². The monoisotopic (exact) mass is 331 g/mol. The number of amides is 1. The topological polar surface area (TPSA) is 83.5 Å². The summed E-state index contributed by atoms with van der Waals surface area (Å²) in [7, 11) is -4.28. The number of alkyl halides is 3. The molecule has 0 aliphatic carbocycles. The molecule has 100 valence electrons. The van der Waals surface area contributed by atoms with Gasteiger partial charge in [-0.1, -0.05) is 53.0 Å². The molecule has 0 heterocycles. The summed E-state index contributed by atoms with van der Waals surface area (Å²) < 4.78 is 21.3. The van der Waals surface area contributed by atoms with Crippen LogP contribution in [0.4, 0.5) is 4.79 Å². The first-order valence-corrected chi connectivity index (χ1v) is 7.13. The van der Waals surface area contributed by atoms with Crippen LogP contribution in [0.25, 0.3) is 0 Å². The van der Waals surface area contributed by atoms with Gasteiger partial charge in [-0.3, -0.25) is 4.79 Å². The maximum atomic E-state index is 11.7. The molecular weight excluding hydrogens is 325 g/mol. The van der Waals surface area contributed by atoms with Crippen LogP contribution in [0, 0.1) is 0 Å². The zero-order valence-electron chi connectivity index (χ0n) is 8.68. The van der Waals surface area contributed by atoms with Crippen LogP contribution < -0.4 is 5.32 Å². The van der Waals surface area contributed by atoms with E-state index in [1.165, 1.54) is 24.3 Å². The second kappa shape index (κ2) is 5.63. The Labute approximate surface area is 119 Å². The Hall–Kier alpha value is -0.530. The number of hydrogen-bond donors (Lipinski definition) is 2. The molecule has 0 spiro atoms. The zero-order valence-corrected chi connectivity index (χ0v) is 11.8. The molecule has 0 aromatic heterocycles. The Kier molecular flexibility index (Phi) is 4.85. The third kappa shape index (κ3) is 3.73. The molecule has 2 N–H and O–H groups in total. The van der Waals surface area contributed by atoms with E-state index in [2.05, 4.69) is 0 Å². The number of benzene rings is 1. The summed E-state index contributed by atoms with van der Waals surface area (Å²) in [6, 6.07) is 6.96. The van der Waals surface area contributed by atoms with Gasteiger partial charge in [0, 0.05) is 0 Å². The third-order valence-electron chi connectivity index (χ3n) is 1.86. The van der Waals surface area contributed by atoms with E-state index in [-0.39, 0.29) is 4.90 Å². The van der Waals surface area contributed by atoms with Crippen molar-refractivity contribution >= 4 is 49.9 Å². The molecule has 0 aliphatic heterocycles. The molecule has 0 aliphatic rings. The second-order valence-electron chi connectivity index (χ2n) is 3.19. The Morgan fingerprint density at radius 2 is 1.72 bits per heavy atom. The average Bonchev–Trinajstić information content (AvgIpc) is 2.28. The van der Waals surface area contributed by atoms with Crippen molar-refractivity contribution in [3.63, 3.8) is 0 Å². The smallest absolute Gasteiger partial charge is 0.343 e. The maximum absolute atomic E-state index is 11.7. The minimum absolute atomic E-state index is 0.223. The minimum Gasteiger partial charge on any atom is -0.369 e. The lowest BCUT2D eigenvalue weighted by Gasteiger charge is -2.19. The first-order valence-electron chi connectivity index (χ1n) is 4.51. The van der Waals surface area contributed by atoms with Gasteiger partial charge in [-0.25, -0.2) is 8.42 Å². The molecule has 0 radical (unpaired) electrons. The number of halogens is 3. The Bertz CT molecular complexity index is 526. The van der Waals surface area contributed by atoms with E-state index < -0.39 is 25.1 Å². The molecule has 1 rings (SSSR count). The molecule has 1 atom stereocenters. The number of rotatable bonds is 2. The normalized spacial score (nSPS) is 14.0. The molecule has 18 heavy (non-hydrogen) atoms. The summed E-state index contributed by atoms with van der Waals surface area (Å²) >= 11 is 15.9. The van der Waals surface area contributed by atoms with E-state index in [0.29, 0.717) is 0 Å². The molecule has 1 aromatic carbocycles. The molecule has 9 heteroatoms. The van der Waals surface area contributed by atoms with Crippen LogP contribution in [0.2, 0.25) is 0 Å². The molecule has 1 amide bonds. The van der Waals surface area contributed by atoms with Crippen molar-refractivity contribution in [2.75, 3.05) is 0 Å². The van der Waals surface area contributed by atoms with Crippen molar-refractivity contribution in [3.05, 3.63) is 30.3 Å². The molecule has 0 saturated carbocycles. The van der Waals surface area contributed by atoms with E-state index in [0.717, 1.165) is 0 Å². The highest BCUT2D eigenvalue weighted by Gasteiger charge is 2.35. The van der Waals surface area contributed by atoms with Crippen LogP contribution in [0.3, 0.4) is 0 Å². The van der Waals surface area contributed by atoms with Crippen molar-refractivity contribution in [2.24, 2.45) is 0 Å². The number of carbonyl (C=O) groups excluding carboxylic acids is 1. The number of aliphatic hydroxyl groups excluding tert-OH is 1. The minimum atomic E-state index is -4.28. The lowest BCUT2D eigenvalue weighted by atomic mass is 10.4. The molecule has 0 fully saturated rings. The van der Waals surface area contributed by atoms with Crippen molar-refractivity contribution in [1.29, 1.82) is 0 Å². The molecule has 5 nitrogen and oxygen atoms in total. The van der Waals surface area contributed by atoms with Gasteiger partial charge in [0.05, 0.1) is 4.90 Å². The number of nitrogens with one attached hydrogen (secondary N) is 1. The van der Waals surface area contributed by atoms with Gasteiger partial charge in [0.15, 0.2) is 6.23 Å². The van der Waals surface area contributed by atoms with Crippen molar-refractivity contribution in [3.8, 4) is 0 Å². The number of hydrogen-bond acceptors (Lipinski definition) is 4. The summed E-state index contributed by atoms with van der Waals surface area (Å²) in [6.07, 6.45) is -1.94. The largest absolute Gasteiger partial charge is 0.369 e. The zero-order chi connectivity index (χ0) is 14.0. The van der Waals surface area contributed by atoms with E-state index in [4.69, 9.17) is 34.8 Å². The van der Waals surface area contributed by atoms with E-state index >= 15 is 0 Å². The van der Waals surface area contributed by atoms with E-state index in [1.807, 2.05) is 0 Å². The molecule has 1 unspecified atom stereocenters. The van der Waals surface area contributed by atoms with Gasteiger partial charge < -0.3 is 10.4 Å². The van der Waals surface area contributed by atoms with Crippen molar-refractivity contribution < 1.29 is 18.3 Å². The highest BCUT2D eigenvalue weighted by Crippen LogP contribution is 2.29. The van der Waals surface area contributed by atoms with Gasteiger partial charge in [0.1, 0.15) is 0 Å². The number of sulfone groups is 1. The van der Waals surface area contributed by atoms with Gasteiger partial charge in [-0.2, -0.15) is 0 Å². The van der Waals surface area contributed by atoms with Gasteiger partial charge in [0.25, 0.3) is 9.84 Å². The van der Waals surface area contributed by atoms with Crippen molar-refractivity contribution in [2.45, 2.75) is 14.9 Å². The lowest BCUT2D eigenvalue weighted by Crippen LogP contribution is -2.45. The number of carbonyl (C=O) groups is 1. The van der Waals surface area contributed by atoms with Crippen LogP contribution >= 0.6 is 34.8 Å². The van der Waals surface area contributed by atoms with Crippen LogP contribution in [0.5, 0.6) is 0 Å². The second-order valence-corrected chi connectivity index (χ2v) is 7.41. The van der Waals surface area contributed by atoms with Crippen LogP contribution in [0.15, 0.2) is 35.2 Å². The first kappa shape index (κ1) is 15.5. The van der Waals surface area contributed by atoms with Gasteiger partial charge >= 0.3 is 5.24 Å². The maximum Gasteiger partial charge on any atom is 0.343 e. The molecule has 0 bridgehead atoms. The lowest BCUT2D eigenvalue weighted by molar-refractivity contribution is 0.151. The fourth-order valence-corrected chi connectivity index (χ4v) is 2.14. The average molecular weight is 333 g/mol. The standard InChI is InChI=1S/C9H8Cl3NO4S/c10-9(11,12)7(14)13-8(15)18(16,17)6-4-2-1-3-5-6/h1-5,7,14H,(H,13,15). The number of aliphatic hydroxyl groups is 1. The van der Waals surface area contributed by atoms with Gasteiger partial charge in [0.2, 0.25) is 3.79 Å². The predicted octanol–water partition coefficient (Wildman–Crippen LogP) is 1.86. The third-order valence-corrected chi connectivity index (χ3v) is 3.98. The summed E-state index contributed by atoms with van der Waals surface area (Å²) in [5.74, 6) is 0. The quantitative estimate of drug-likeness (QED) is 0.639. The first-order chi connectivity index (χ1) is 8.15. The van der Waals surface area contributed by atoms with Gasteiger partial charge in [-0.05, 0) is 12.1 Å². The summed E-state index contributed by atoms with van der Waals surface area (Å²) in [5, 5.41) is 9.51. The Balaban J connectivity index is 2.92. The molecular formula is C9H8Cl3NO4S. The fourth-order valence-electron chi connectivity index (χ4n) is 0.978. The molecule has 0 saturated heterocycles. The van der Waals surface area contributed by atoms with E-state index in [1.54, 1.807) is 11.4 Å². The molecule has 1 aromatic rings. The van der Waals surface area contributed by atoms with Crippen LogP contribution in [-0.4, -0.2) is 28.8 Å². The predicted molar refractivity (Wildman–Crippen MR) is 68.5 cm³/mol. The summed E-state index contributed by atoms with van der Waals surface area (Å²) in [5.41, 5.74) is 0. The van der Waals surface area contributed by atoms with Crippen molar-refractivity contribution in [1.82, 2.24) is 5.32 Å². The SMILES string of the molecule is O=C(NC(O)C(Cl)(Cl)Cl)S(=O)(=O)c1ccccc1. The summed E-state index contributed by atoms with van der Waals surface area (Å²) in [6.45, 7) is 0. The van der Waals surface area contributed by atoms with E-state index in [9.17, 15) is 18.3 Å². The van der Waals surface area contributed by atoms with Crippen LogP contribution in [-0.2, 0) is 9.84 Å². The summed E-state index contributed by atoms with van der Waals surface area (Å²) in [4.78, 5) is 11.3. The Morgan fingerprint density at radius 3 is 2.17 bits per heavy atom. The highest BCUT2D eigenvalue weighted by molar-refractivity contribution is 8.06. The Morgan fingerprint density at radius 1 is 1.22 bits per heavy atom.